The third kappa shape index (κ3) is 5.64. The first-order chi connectivity index (χ1) is 16.3. The molecular formula is C24H30N4O5S. The van der Waals surface area contributed by atoms with Gasteiger partial charge in [-0.1, -0.05) is 29.8 Å². The fraction of sp³-hybridized carbons (Fsp3) is 0.417. The number of carbonyl (C=O) groups excluding carboxylic acids is 2. The van der Waals surface area contributed by atoms with E-state index in [-0.39, 0.29) is 41.9 Å². The van der Waals surface area contributed by atoms with Crippen LogP contribution >= 0.6 is 0 Å². The molecular weight excluding hydrogens is 456 g/mol. The zero-order valence-corrected chi connectivity index (χ0v) is 20.1. The number of ether oxygens (including phenoxy) is 1. The molecule has 2 fully saturated rings. The number of amides is 2. The third-order valence-corrected chi connectivity index (χ3v) is 8.02. The monoisotopic (exact) mass is 486 g/mol. The Hall–Kier alpha value is -2.79. The number of piperazine rings is 1. The second-order valence-electron chi connectivity index (χ2n) is 8.50. The van der Waals surface area contributed by atoms with E-state index in [0.29, 0.717) is 39.4 Å². The predicted molar refractivity (Wildman–Crippen MR) is 128 cm³/mol. The molecule has 0 unspecified atom stereocenters. The molecule has 0 aliphatic carbocycles. The smallest absolute Gasteiger partial charge is 0.255 e. The maximum atomic E-state index is 13.3. The highest BCUT2D eigenvalue weighted by Gasteiger charge is 2.32. The van der Waals surface area contributed by atoms with E-state index in [1.54, 1.807) is 23.1 Å². The van der Waals surface area contributed by atoms with Crippen molar-refractivity contribution in [3.8, 4) is 0 Å². The van der Waals surface area contributed by atoms with E-state index in [0.717, 1.165) is 11.3 Å². The first-order valence-electron chi connectivity index (χ1n) is 11.4. The minimum atomic E-state index is -3.79. The van der Waals surface area contributed by atoms with Gasteiger partial charge in [-0.05, 0) is 31.2 Å². The van der Waals surface area contributed by atoms with Gasteiger partial charge in [0, 0.05) is 45.0 Å². The molecule has 0 saturated carbocycles. The standard InChI is InChI=1S/C24H30N4O5S/c1-19-6-8-20(9-7-19)25-23(29)18-26-10-12-27(13-11-26)24(30)21-4-2-3-5-22(21)34(31,32)28-14-16-33-17-15-28/h2-9H,10-18H2,1H3,(H,25,29). The minimum Gasteiger partial charge on any atom is -0.379 e. The van der Waals surface area contributed by atoms with Crippen LogP contribution in [0.4, 0.5) is 5.69 Å². The summed E-state index contributed by atoms with van der Waals surface area (Å²) in [5, 5.41) is 2.89. The lowest BCUT2D eigenvalue weighted by molar-refractivity contribution is -0.117. The van der Waals surface area contributed by atoms with E-state index < -0.39 is 10.0 Å². The van der Waals surface area contributed by atoms with Crippen LogP contribution in [0.15, 0.2) is 53.4 Å². The van der Waals surface area contributed by atoms with Crippen molar-refractivity contribution in [1.29, 1.82) is 0 Å². The molecule has 9 nitrogen and oxygen atoms in total. The molecule has 0 aromatic heterocycles. The topological polar surface area (TPSA) is 99.3 Å². The van der Waals surface area contributed by atoms with Crippen molar-refractivity contribution in [3.05, 3.63) is 59.7 Å². The molecule has 1 N–H and O–H groups in total. The molecule has 10 heteroatoms. The number of carbonyl (C=O) groups is 2. The third-order valence-electron chi connectivity index (χ3n) is 6.07. The Morgan fingerprint density at radius 2 is 1.56 bits per heavy atom. The highest BCUT2D eigenvalue weighted by atomic mass is 32.2. The zero-order chi connectivity index (χ0) is 24.1. The average molecular weight is 487 g/mol. The summed E-state index contributed by atoms with van der Waals surface area (Å²) < 4.78 is 33.0. The number of benzene rings is 2. The molecule has 2 aliphatic rings. The van der Waals surface area contributed by atoms with Crippen LogP contribution in [0.2, 0.25) is 0 Å². The van der Waals surface area contributed by atoms with Gasteiger partial charge in [0.15, 0.2) is 0 Å². The number of anilines is 1. The van der Waals surface area contributed by atoms with E-state index in [4.69, 9.17) is 4.74 Å². The van der Waals surface area contributed by atoms with Crippen LogP contribution in [-0.2, 0) is 19.6 Å². The van der Waals surface area contributed by atoms with Crippen molar-refractivity contribution in [2.45, 2.75) is 11.8 Å². The fourth-order valence-electron chi connectivity index (χ4n) is 4.11. The molecule has 0 bridgehead atoms. The molecule has 2 saturated heterocycles. The summed E-state index contributed by atoms with van der Waals surface area (Å²) in [6.07, 6.45) is 0. The van der Waals surface area contributed by atoms with Crippen LogP contribution in [0.25, 0.3) is 0 Å². The molecule has 0 atom stereocenters. The fourth-order valence-corrected chi connectivity index (χ4v) is 5.71. The van der Waals surface area contributed by atoms with E-state index in [1.165, 1.54) is 10.4 Å². The normalized spacial score (nSPS) is 18.0. The Balaban J connectivity index is 1.36. The number of nitrogens with zero attached hydrogens (tertiary/aromatic N) is 3. The molecule has 4 rings (SSSR count). The molecule has 34 heavy (non-hydrogen) atoms. The lowest BCUT2D eigenvalue weighted by Gasteiger charge is -2.35. The SMILES string of the molecule is Cc1ccc(NC(=O)CN2CCN(C(=O)c3ccccc3S(=O)(=O)N3CCOCC3)CC2)cc1. The van der Waals surface area contributed by atoms with Crippen LogP contribution in [0.1, 0.15) is 15.9 Å². The molecule has 2 aliphatic heterocycles. The maximum absolute atomic E-state index is 13.3. The highest BCUT2D eigenvalue weighted by Crippen LogP contribution is 2.23. The summed E-state index contributed by atoms with van der Waals surface area (Å²) >= 11 is 0. The average Bonchev–Trinajstić information content (AvgIpc) is 2.86. The van der Waals surface area contributed by atoms with Gasteiger partial charge in [-0.3, -0.25) is 14.5 Å². The van der Waals surface area contributed by atoms with Gasteiger partial charge in [-0.15, -0.1) is 0 Å². The van der Waals surface area contributed by atoms with Gasteiger partial charge in [0.05, 0.1) is 30.2 Å². The molecule has 2 amide bonds. The number of nitrogens with one attached hydrogen (secondary N) is 1. The van der Waals surface area contributed by atoms with Crippen molar-refractivity contribution in [3.63, 3.8) is 0 Å². The quantitative estimate of drug-likeness (QED) is 0.663. The lowest BCUT2D eigenvalue weighted by Crippen LogP contribution is -2.50. The minimum absolute atomic E-state index is 0.0294. The van der Waals surface area contributed by atoms with Gasteiger partial charge in [0.1, 0.15) is 0 Å². The van der Waals surface area contributed by atoms with Gasteiger partial charge in [0.2, 0.25) is 15.9 Å². The van der Waals surface area contributed by atoms with E-state index >= 15 is 0 Å². The number of morpholine rings is 1. The van der Waals surface area contributed by atoms with E-state index in [9.17, 15) is 18.0 Å². The lowest BCUT2D eigenvalue weighted by atomic mass is 10.2. The highest BCUT2D eigenvalue weighted by molar-refractivity contribution is 7.89. The van der Waals surface area contributed by atoms with Crippen LogP contribution in [0.5, 0.6) is 0 Å². The van der Waals surface area contributed by atoms with Gasteiger partial charge in [-0.2, -0.15) is 4.31 Å². The Bertz CT molecular complexity index is 1120. The first-order valence-corrected chi connectivity index (χ1v) is 12.8. The van der Waals surface area contributed by atoms with Crippen LogP contribution in [-0.4, -0.2) is 93.4 Å². The second kappa shape index (κ2) is 10.6. The molecule has 0 radical (unpaired) electrons. The molecule has 2 heterocycles. The first kappa shape index (κ1) is 24.3. The second-order valence-corrected chi connectivity index (χ2v) is 10.4. The van der Waals surface area contributed by atoms with Gasteiger partial charge >= 0.3 is 0 Å². The van der Waals surface area contributed by atoms with E-state index in [2.05, 4.69) is 5.32 Å². The Kier molecular flexibility index (Phi) is 7.62. The van der Waals surface area contributed by atoms with Crippen molar-refractivity contribution in [1.82, 2.24) is 14.1 Å². The van der Waals surface area contributed by atoms with Crippen LogP contribution in [0.3, 0.4) is 0 Å². The number of rotatable bonds is 6. The summed E-state index contributed by atoms with van der Waals surface area (Å²) in [6, 6.07) is 14.0. The Morgan fingerprint density at radius 1 is 0.912 bits per heavy atom. The van der Waals surface area contributed by atoms with Crippen molar-refractivity contribution in [2.24, 2.45) is 0 Å². The summed E-state index contributed by atoms with van der Waals surface area (Å²) in [7, 11) is -3.79. The molecule has 2 aromatic carbocycles. The largest absolute Gasteiger partial charge is 0.379 e. The number of aryl methyl sites for hydroxylation is 1. The van der Waals surface area contributed by atoms with Crippen molar-refractivity contribution in [2.75, 3.05) is 64.3 Å². The summed E-state index contributed by atoms with van der Waals surface area (Å²) in [4.78, 5) is 29.3. The summed E-state index contributed by atoms with van der Waals surface area (Å²) in [6.45, 7) is 5.36. The van der Waals surface area contributed by atoms with E-state index in [1.807, 2.05) is 36.1 Å². The number of hydrogen-bond acceptors (Lipinski definition) is 6. The number of hydrogen-bond donors (Lipinski definition) is 1. The summed E-state index contributed by atoms with van der Waals surface area (Å²) in [5.41, 5.74) is 2.06. The Labute approximate surface area is 200 Å². The Morgan fingerprint density at radius 3 is 2.24 bits per heavy atom. The van der Waals surface area contributed by atoms with Gasteiger partial charge < -0.3 is 15.0 Å². The molecule has 182 valence electrons. The number of sulfonamides is 1. The van der Waals surface area contributed by atoms with Gasteiger partial charge in [-0.25, -0.2) is 8.42 Å². The predicted octanol–water partition coefficient (Wildman–Crippen LogP) is 1.41. The maximum Gasteiger partial charge on any atom is 0.255 e. The van der Waals surface area contributed by atoms with Crippen LogP contribution < -0.4 is 5.32 Å². The van der Waals surface area contributed by atoms with Crippen molar-refractivity contribution >= 4 is 27.5 Å². The van der Waals surface area contributed by atoms with Crippen LogP contribution in [0, 0.1) is 6.92 Å². The summed E-state index contributed by atoms with van der Waals surface area (Å²) in [5.74, 6) is -0.415. The molecule has 0 spiro atoms. The zero-order valence-electron chi connectivity index (χ0n) is 19.3. The van der Waals surface area contributed by atoms with Gasteiger partial charge in [0.25, 0.3) is 5.91 Å². The van der Waals surface area contributed by atoms with Crippen molar-refractivity contribution < 1.29 is 22.7 Å². The molecule has 2 aromatic rings.